The van der Waals surface area contributed by atoms with Crippen molar-refractivity contribution in [1.29, 1.82) is 0 Å². The van der Waals surface area contributed by atoms with Gasteiger partial charge in [0, 0.05) is 45.9 Å². The number of pyridine rings is 2. The number of anilines is 3. The Balaban J connectivity index is 1.81. The number of aromatic nitrogens is 2. The molecule has 4 nitrogen and oxygen atoms in total. The number of hydrogen-bond donors (Lipinski definition) is 2. The minimum absolute atomic E-state index is 0.640. The Labute approximate surface area is 150 Å². The van der Waals surface area contributed by atoms with E-state index in [9.17, 15) is 0 Å². The van der Waals surface area contributed by atoms with Crippen LogP contribution < -0.4 is 11.1 Å². The number of nitrogens with zero attached hydrogens (tertiary/aromatic N) is 2. The van der Waals surface area contributed by atoms with E-state index in [1.807, 2.05) is 48.5 Å². The Kier molecular flexibility index (Phi) is 3.96. The Morgan fingerprint density at radius 2 is 1.84 bits per heavy atom. The van der Waals surface area contributed by atoms with Crippen LogP contribution in [0.25, 0.3) is 22.0 Å². The number of benzene rings is 2. The highest BCUT2D eigenvalue weighted by Gasteiger charge is 2.06. The van der Waals surface area contributed by atoms with E-state index in [-0.39, 0.29) is 0 Å². The summed E-state index contributed by atoms with van der Waals surface area (Å²) in [7, 11) is 0. The lowest BCUT2D eigenvalue weighted by molar-refractivity contribution is 1.33. The number of halogens is 1. The maximum atomic E-state index is 6.08. The standard InChI is InChI=1S/C20H15ClN4/c21-15-2-1-3-17(10-15)25-20-6-7-24-19-5-4-13(9-18(19)20)14-8-16(22)12-23-11-14/h1-12H,22H2,(H,24,25). The molecular formula is C20H15ClN4. The van der Waals surface area contributed by atoms with Gasteiger partial charge in [0.25, 0.3) is 0 Å². The molecule has 25 heavy (non-hydrogen) atoms. The van der Waals surface area contributed by atoms with E-state index in [0.717, 1.165) is 33.4 Å². The van der Waals surface area contributed by atoms with E-state index >= 15 is 0 Å². The second-order valence-electron chi connectivity index (χ2n) is 5.73. The molecule has 0 saturated heterocycles. The van der Waals surface area contributed by atoms with E-state index in [4.69, 9.17) is 17.3 Å². The first kappa shape index (κ1) is 15.4. The molecule has 122 valence electrons. The molecule has 0 fully saturated rings. The molecule has 4 aromatic rings. The number of rotatable bonds is 3. The molecule has 0 saturated carbocycles. The van der Waals surface area contributed by atoms with Crippen molar-refractivity contribution in [3.05, 3.63) is 78.2 Å². The summed E-state index contributed by atoms with van der Waals surface area (Å²) < 4.78 is 0. The summed E-state index contributed by atoms with van der Waals surface area (Å²) in [5.74, 6) is 0. The smallest absolute Gasteiger partial charge is 0.0723 e. The number of nitrogens with two attached hydrogens (primary N) is 1. The van der Waals surface area contributed by atoms with Crippen LogP contribution in [0.2, 0.25) is 5.02 Å². The molecule has 0 atom stereocenters. The molecule has 5 heteroatoms. The first-order chi connectivity index (χ1) is 12.2. The average Bonchev–Trinajstić information content (AvgIpc) is 2.62. The molecular weight excluding hydrogens is 332 g/mol. The highest BCUT2D eigenvalue weighted by atomic mass is 35.5. The van der Waals surface area contributed by atoms with Crippen molar-refractivity contribution in [1.82, 2.24) is 9.97 Å². The summed E-state index contributed by atoms with van der Waals surface area (Å²) in [5.41, 5.74) is 11.3. The van der Waals surface area contributed by atoms with Gasteiger partial charge in [0.1, 0.15) is 0 Å². The van der Waals surface area contributed by atoms with Gasteiger partial charge in [-0.25, -0.2) is 0 Å². The van der Waals surface area contributed by atoms with Crippen molar-refractivity contribution < 1.29 is 0 Å². The van der Waals surface area contributed by atoms with Gasteiger partial charge in [-0.05, 0) is 48.0 Å². The van der Waals surface area contributed by atoms with Crippen molar-refractivity contribution in [3.63, 3.8) is 0 Å². The summed E-state index contributed by atoms with van der Waals surface area (Å²) in [6, 6.07) is 17.6. The van der Waals surface area contributed by atoms with Crippen LogP contribution in [0.3, 0.4) is 0 Å². The van der Waals surface area contributed by atoms with Crippen LogP contribution in [-0.2, 0) is 0 Å². The molecule has 0 aliphatic rings. The van der Waals surface area contributed by atoms with Crippen LogP contribution in [0.5, 0.6) is 0 Å². The largest absolute Gasteiger partial charge is 0.397 e. The highest BCUT2D eigenvalue weighted by molar-refractivity contribution is 6.30. The lowest BCUT2D eigenvalue weighted by Gasteiger charge is -2.11. The number of fused-ring (bicyclic) bond motifs is 1. The molecule has 4 rings (SSSR count). The summed E-state index contributed by atoms with van der Waals surface area (Å²) in [6.07, 6.45) is 5.23. The van der Waals surface area contributed by atoms with Crippen LogP contribution in [0.1, 0.15) is 0 Å². The number of nitrogen functional groups attached to an aromatic ring is 1. The Bertz CT molecular complexity index is 1060. The van der Waals surface area contributed by atoms with Crippen LogP contribution in [0.15, 0.2) is 73.2 Å². The van der Waals surface area contributed by atoms with Gasteiger partial charge in [0.15, 0.2) is 0 Å². The second-order valence-corrected chi connectivity index (χ2v) is 6.17. The van der Waals surface area contributed by atoms with Crippen molar-refractivity contribution >= 4 is 39.6 Å². The molecule has 0 unspecified atom stereocenters. The quantitative estimate of drug-likeness (QED) is 0.530. The third kappa shape index (κ3) is 3.25. The zero-order chi connectivity index (χ0) is 17.2. The Hall–Kier alpha value is -3.11. The van der Waals surface area contributed by atoms with Crippen molar-refractivity contribution in [2.24, 2.45) is 0 Å². The van der Waals surface area contributed by atoms with Gasteiger partial charge in [-0.2, -0.15) is 0 Å². The zero-order valence-corrected chi connectivity index (χ0v) is 14.0. The third-order valence-corrected chi connectivity index (χ3v) is 4.17. The zero-order valence-electron chi connectivity index (χ0n) is 13.3. The summed E-state index contributed by atoms with van der Waals surface area (Å²) in [5, 5.41) is 5.12. The number of nitrogens with one attached hydrogen (secondary N) is 1. The minimum atomic E-state index is 0.640. The van der Waals surface area contributed by atoms with Gasteiger partial charge in [-0.15, -0.1) is 0 Å². The molecule has 0 spiro atoms. The normalized spacial score (nSPS) is 10.8. The van der Waals surface area contributed by atoms with Gasteiger partial charge in [-0.1, -0.05) is 23.7 Å². The molecule has 0 amide bonds. The molecule has 0 aliphatic carbocycles. The second kappa shape index (κ2) is 6.42. The van der Waals surface area contributed by atoms with Gasteiger partial charge >= 0.3 is 0 Å². The molecule has 2 heterocycles. The minimum Gasteiger partial charge on any atom is -0.397 e. The molecule has 0 radical (unpaired) electrons. The highest BCUT2D eigenvalue weighted by Crippen LogP contribution is 2.30. The van der Waals surface area contributed by atoms with E-state index in [1.165, 1.54) is 0 Å². The van der Waals surface area contributed by atoms with E-state index < -0.39 is 0 Å². The van der Waals surface area contributed by atoms with Gasteiger partial charge < -0.3 is 11.1 Å². The molecule has 3 N–H and O–H groups in total. The van der Waals surface area contributed by atoms with Crippen molar-refractivity contribution in [2.45, 2.75) is 0 Å². The summed E-state index contributed by atoms with van der Waals surface area (Å²) >= 11 is 6.08. The van der Waals surface area contributed by atoms with Gasteiger partial charge in [0.2, 0.25) is 0 Å². The third-order valence-electron chi connectivity index (χ3n) is 3.94. The van der Waals surface area contributed by atoms with E-state index in [2.05, 4.69) is 21.4 Å². The van der Waals surface area contributed by atoms with Gasteiger partial charge in [-0.3, -0.25) is 9.97 Å². The topological polar surface area (TPSA) is 63.8 Å². The van der Waals surface area contributed by atoms with Crippen molar-refractivity contribution in [3.8, 4) is 11.1 Å². The first-order valence-corrected chi connectivity index (χ1v) is 8.19. The molecule has 0 aliphatic heterocycles. The predicted octanol–water partition coefficient (Wildman–Crippen LogP) is 5.28. The SMILES string of the molecule is Nc1cncc(-c2ccc3nccc(Nc4cccc(Cl)c4)c3c2)c1. The fourth-order valence-corrected chi connectivity index (χ4v) is 2.96. The monoisotopic (exact) mass is 346 g/mol. The average molecular weight is 347 g/mol. The summed E-state index contributed by atoms with van der Waals surface area (Å²) in [6.45, 7) is 0. The van der Waals surface area contributed by atoms with E-state index in [0.29, 0.717) is 10.7 Å². The van der Waals surface area contributed by atoms with E-state index in [1.54, 1.807) is 18.6 Å². The van der Waals surface area contributed by atoms with Crippen molar-refractivity contribution in [2.75, 3.05) is 11.1 Å². The fraction of sp³-hybridized carbons (Fsp3) is 0. The van der Waals surface area contributed by atoms with Crippen LogP contribution in [0.4, 0.5) is 17.1 Å². The van der Waals surface area contributed by atoms with Crippen LogP contribution in [-0.4, -0.2) is 9.97 Å². The van der Waals surface area contributed by atoms with Crippen LogP contribution >= 0.6 is 11.6 Å². The fourth-order valence-electron chi connectivity index (χ4n) is 2.77. The summed E-state index contributed by atoms with van der Waals surface area (Å²) in [4.78, 5) is 8.62. The lowest BCUT2D eigenvalue weighted by Crippen LogP contribution is -1.93. The molecule has 0 bridgehead atoms. The Morgan fingerprint density at radius 3 is 2.68 bits per heavy atom. The molecule has 2 aromatic carbocycles. The maximum Gasteiger partial charge on any atom is 0.0723 e. The first-order valence-electron chi connectivity index (χ1n) is 7.81. The predicted molar refractivity (Wildman–Crippen MR) is 104 cm³/mol. The maximum absolute atomic E-state index is 6.08. The lowest BCUT2D eigenvalue weighted by atomic mass is 10.0. The van der Waals surface area contributed by atoms with Crippen LogP contribution in [0, 0.1) is 0 Å². The number of hydrogen-bond acceptors (Lipinski definition) is 4. The molecule has 2 aromatic heterocycles. The van der Waals surface area contributed by atoms with Gasteiger partial charge in [0.05, 0.1) is 11.2 Å². The Morgan fingerprint density at radius 1 is 0.920 bits per heavy atom.